The summed E-state index contributed by atoms with van der Waals surface area (Å²) < 4.78 is 0. The zero-order chi connectivity index (χ0) is 9.80. The molecule has 0 amide bonds. The SMILES string of the molecule is NCc1nc(C2CCCCCC2)cs1. The molecule has 1 aromatic heterocycles. The summed E-state index contributed by atoms with van der Waals surface area (Å²) in [5.41, 5.74) is 6.87. The van der Waals surface area contributed by atoms with E-state index in [-0.39, 0.29) is 0 Å². The first-order chi connectivity index (χ1) is 6.90. The van der Waals surface area contributed by atoms with Crippen molar-refractivity contribution in [2.75, 3.05) is 0 Å². The first-order valence-electron chi connectivity index (χ1n) is 5.54. The molecule has 0 atom stereocenters. The van der Waals surface area contributed by atoms with Crippen LogP contribution in [0.15, 0.2) is 5.38 Å². The van der Waals surface area contributed by atoms with E-state index < -0.39 is 0 Å². The number of aromatic nitrogens is 1. The van der Waals surface area contributed by atoms with E-state index in [0.29, 0.717) is 12.5 Å². The highest BCUT2D eigenvalue weighted by Gasteiger charge is 2.16. The molecule has 1 aliphatic carbocycles. The van der Waals surface area contributed by atoms with Crippen LogP contribution in [-0.2, 0) is 6.54 Å². The van der Waals surface area contributed by atoms with Gasteiger partial charge in [0.2, 0.25) is 0 Å². The Balaban J connectivity index is 2.04. The van der Waals surface area contributed by atoms with Crippen molar-refractivity contribution >= 4 is 11.3 Å². The first-order valence-corrected chi connectivity index (χ1v) is 6.42. The van der Waals surface area contributed by atoms with Gasteiger partial charge in [0, 0.05) is 17.8 Å². The minimum atomic E-state index is 0.595. The Morgan fingerprint density at radius 3 is 2.57 bits per heavy atom. The summed E-state index contributed by atoms with van der Waals surface area (Å²) in [6.07, 6.45) is 8.22. The molecule has 1 aliphatic rings. The van der Waals surface area contributed by atoms with Crippen LogP contribution < -0.4 is 5.73 Å². The van der Waals surface area contributed by atoms with Crippen molar-refractivity contribution in [3.05, 3.63) is 16.1 Å². The predicted octanol–water partition coefficient (Wildman–Crippen LogP) is 3.04. The minimum absolute atomic E-state index is 0.595. The summed E-state index contributed by atoms with van der Waals surface area (Å²) in [5, 5.41) is 3.29. The molecule has 0 saturated heterocycles. The van der Waals surface area contributed by atoms with Crippen molar-refractivity contribution in [3.8, 4) is 0 Å². The van der Waals surface area contributed by atoms with Crippen LogP contribution in [0.1, 0.15) is 55.1 Å². The van der Waals surface area contributed by atoms with Crippen molar-refractivity contribution in [1.29, 1.82) is 0 Å². The molecule has 0 radical (unpaired) electrons. The molecule has 2 N–H and O–H groups in total. The summed E-state index contributed by atoms with van der Waals surface area (Å²) in [6, 6.07) is 0. The second-order valence-electron chi connectivity index (χ2n) is 4.06. The van der Waals surface area contributed by atoms with Crippen LogP contribution in [-0.4, -0.2) is 4.98 Å². The Hall–Kier alpha value is -0.410. The molecule has 0 unspecified atom stereocenters. The maximum Gasteiger partial charge on any atom is 0.106 e. The Morgan fingerprint density at radius 2 is 2.00 bits per heavy atom. The molecule has 3 heteroatoms. The van der Waals surface area contributed by atoms with Crippen LogP contribution in [0, 0.1) is 0 Å². The number of nitrogens with two attached hydrogens (primary N) is 1. The standard InChI is InChI=1S/C11H18N2S/c12-7-11-13-10(8-14-11)9-5-3-1-2-4-6-9/h8-9H,1-7,12H2. The van der Waals surface area contributed by atoms with Crippen molar-refractivity contribution in [1.82, 2.24) is 4.98 Å². The molecule has 1 aromatic rings. The fourth-order valence-corrected chi connectivity index (χ4v) is 2.94. The van der Waals surface area contributed by atoms with E-state index in [4.69, 9.17) is 5.73 Å². The van der Waals surface area contributed by atoms with Crippen molar-refractivity contribution in [2.45, 2.75) is 51.0 Å². The molecule has 1 saturated carbocycles. The highest BCUT2D eigenvalue weighted by atomic mass is 32.1. The molecule has 14 heavy (non-hydrogen) atoms. The van der Waals surface area contributed by atoms with Crippen molar-refractivity contribution in [3.63, 3.8) is 0 Å². The normalized spacial score (nSPS) is 19.5. The van der Waals surface area contributed by atoms with Gasteiger partial charge in [0.25, 0.3) is 0 Å². The molecule has 2 nitrogen and oxygen atoms in total. The Kier molecular flexibility index (Phi) is 3.54. The lowest BCUT2D eigenvalue weighted by atomic mass is 9.98. The second-order valence-corrected chi connectivity index (χ2v) is 5.00. The van der Waals surface area contributed by atoms with Crippen LogP contribution in [0.25, 0.3) is 0 Å². The molecule has 0 aliphatic heterocycles. The fraction of sp³-hybridized carbons (Fsp3) is 0.727. The van der Waals surface area contributed by atoms with E-state index in [1.807, 2.05) is 0 Å². The maximum atomic E-state index is 5.57. The van der Waals surface area contributed by atoms with Crippen LogP contribution in [0.3, 0.4) is 0 Å². The smallest absolute Gasteiger partial charge is 0.106 e. The van der Waals surface area contributed by atoms with Gasteiger partial charge in [-0.05, 0) is 12.8 Å². The fourth-order valence-electron chi connectivity index (χ4n) is 2.18. The first kappa shape index (κ1) is 10.1. The number of nitrogens with zero attached hydrogens (tertiary/aromatic N) is 1. The van der Waals surface area contributed by atoms with Crippen LogP contribution in [0.5, 0.6) is 0 Å². The summed E-state index contributed by atoms with van der Waals surface area (Å²) >= 11 is 1.71. The molecule has 78 valence electrons. The summed E-state index contributed by atoms with van der Waals surface area (Å²) in [5.74, 6) is 0.717. The molecular formula is C11H18N2S. The third-order valence-corrected chi connectivity index (χ3v) is 3.91. The van der Waals surface area contributed by atoms with Gasteiger partial charge in [-0.25, -0.2) is 4.98 Å². The van der Waals surface area contributed by atoms with Crippen molar-refractivity contribution in [2.24, 2.45) is 5.73 Å². The number of rotatable bonds is 2. The lowest BCUT2D eigenvalue weighted by Crippen LogP contribution is -2.00. The Bertz CT molecular complexity index is 275. The van der Waals surface area contributed by atoms with Gasteiger partial charge in [-0.2, -0.15) is 0 Å². The lowest BCUT2D eigenvalue weighted by Gasteiger charge is -2.09. The summed E-state index contributed by atoms with van der Waals surface area (Å²) in [7, 11) is 0. The van der Waals surface area contributed by atoms with Gasteiger partial charge >= 0.3 is 0 Å². The predicted molar refractivity (Wildman–Crippen MR) is 60.4 cm³/mol. The third kappa shape index (κ3) is 2.34. The Labute approximate surface area is 89.5 Å². The van der Waals surface area contributed by atoms with Crippen molar-refractivity contribution < 1.29 is 0 Å². The zero-order valence-electron chi connectivity index (χ0n) is 8.54. The minimum Gasteiger partial charge on any atom is -0.325 e. The lowest BCUT2D eigenvalue weighted by molar-refractivity contribution is 0.579. The van der Waals surface area contributed by atoms with Gasteiger partial charge < -0.3 is 5.73 Å². The van der Waals surface area contributed by atoms with Crippen LogP contribution in [0.4, 0.5) is 0 Å². The van der Waals surface area contributed by atoms with Gasteiger partial charge in [-0.1, -0.05) is 25.7 Å². The van der Waals surface area contributed by atoms with Crippen LogP contribution >= 0.6 is 11.3 Å². The molecule has 1 heterocycles. The number of hydrogen-bond donors (Lipinski definition) is 1. The summed E-state index contributed by atoms with van der Waals surface area (Å²) in [6.45, 7) is 0.595. The molecule has 0 bridgehead atoms. The second kappa shape index (κ2) is 4.89. The molecule has 2 rings (SSSR count). The van der Waals surface area contributed by atoms with Gasteiger partial charge in [-0.15, -0.1) is 11.3 Å². The third-order valence-electron chi connectivity index (χ3n) is 3.02. The number of thiazole rings is 1. The van der Waals surface area contributed by atoms with E-state index in [2.05, 4.69) is 10.4 Å². The molecular weight excluding hydrogens is 192 g/mol. The van der Waals surface area contributed by atoms with E-state index in [1.54, 1.807) is 11.3 Å². The van der Waals surface area contributed by atoms with E-state index in [0.717, 1.165) is 5.01 Å². The molecule has 0 spiro atoms. The highest BCUT2D eigenvalue weighted by Crippen LogP contribution is 2.31. The van der Waals surface area contributed by atoms with Gasteiger partial charge in [0.15, 0.2) is 0 Å². The van der Waals surface area contributed by atoms with E-state index in [1.165, 1.54) is 44.2 Å². The largest absolute Gasteiger partial charge is 0.325 e. The van der Waals surface area contributed by atoms with E-state index >= 15 is 0 Å². The summed E-state index contributed by atoms with van der Waals surface area (Å²) in [4.78, 5) is 4.59. The quantitative estimate of drug-likeness (QED) is 0.762. The van der Waals surface area contributed by atoms with Gasteiger partial charge in [0.05, 0.1) is 5.69 Å². The molecule has 0 aromatic carbocycles. The monoisotopic (exact) mass is 210 g/mol. The Morgan fingerprint density at radius 1 is 1.29 bits per heavy atom. The van der Waals surface area contributed by atoms with E-state index in [9.17, 15) is 0 Å². The average molecular weight is 210 g/mol. The maximum absolute atomic E-state index is 5.57. The van der Waals surface area contributed by atoms with Crippen LogP contribution in [0.2, 0.25) is 0 Å². The van der Waals surface area contributed by atoms with Gasteiger partial charge in [-0.3, -0.25) is 0 Å². The topological polar surface area (TPSA) is 38.9 Å². The molecule has 1 fully saturated rings. The average Bonchev–Trinajstić information content (AvgIpc) is 2.53. The highest BCUT2D eigenvalue weighted by molar-refractivity contribution is 7.09. The zero-order valence-corrected chi connectivity index (χ0v) is 9.35. The van der Waals surface area contributed by atoms with Gasteiger partial charge in [0.1, 0.15) is 5.01 Å². The number of hydrogen-bond acceptors (Lipinski definition) is 3.